The Morgan fingerprint density at radius 1 is 1.23 bits per heavy atom. The summed E-state index contributed by atoms with van der Waals surface area (Å²) < 4.78 is 0. The van der Waals surface area contributed by atoms with Crippen molar-refractivity contribution in [1.29, 1.82) is 0 Å². The van der Waals surface area contributed by atoms with E-state index in [1.807, 2.05) is 20.8 Å². The Bertz CT molecular complexity index is 1190. The first-order chi connectivity index (χ1) is 16.2. The predicted octanol–water partition coefficient (Wildman–Crippen LogP) is 4.20. The highest BCUT2D eigenvalue weighted by Crippen LogP contribution is 2.38. The van der Waals surface area contributed by atoms with Gasteiger partial charge in [0.2, 0.25) is 11.8 Å². The molecule has 5 N–H and O–H groups in total. The van der Waals surface area contributed by atoms with E-state index in [1.54, 1.807) is 24.3 Å². The number of anilines is 2. The lowest BCUT2D eigenvalue weighted by atomic mass is 9.90. The minimum Gasteiger partial charge on any atom is -0.370 e. The lowest BCUT2D eigenvalue weighted by Crippen LogP contribution is -2.66. The molecule has 1 aliphatic rings. The van der Waals surface area contributed by atoms with Gasteiger partial charge in [-0.2, -0.15) is 0 Å². The number of benzene rings is 1. The molecule has 2 heterocycles. The second kappa shape index (κ2) is 10.0. The number of nitrogens with one attached hydrogen (secondary N) is 3. The lowest BCUT2D eigenvalue weighted by Gasteiger charge is -2.43. The van der Waals surface area contributed by atoms with Crippen molar-refractivity contribution < 1.29 is 19.2 Å². The molecule has 1 saturated heterocycles. The van der Waals surface area contributed by atoms with Crippen LogP contribution in [0.15, 0.2) is 24.3 Å². The summed E-state index contributed by atoms with van der Waals surface area (Å²) >= 11 is 13.4. The Morgan fingerprint density at radius 3 is 2.54 bits per heavy atom. The maximum Gasteiger partial charge on any atom is 0.324 e. The van der Waals surface area contributed by atoms with Gasteiger partial charge in [-0.05, 0) is 30.5 Å². The van der Waals surface area contributed by atoms with Crippen LogP contribution < -0.4 is 21.7 Å². The highest BCUT2D eigenvalue weighted by Gasteiger charge is 2.46. The third kappa shape index (κ3) is 5.71. The summed E-state index contributed by atoms with van der Waals surface area (Å²) in [6.45, 7) is 7.85. The smallest absolute Gasteiger partial charge is 0.324 e. The van der Waals surface area contributed by atoms with E-state index in [0.717, 1.165) is 4.88 Å². The molecular weight excluding hydrogens is 513 g/mol. The zero-order chi connectivity index (χ0) is 26.1. The van der Waals surface area contributed by atoms with Gasteiger partial charge in [0.15, 0.2) is 0 Å². The van der Waals surface area contributed by atoms with Crippen molar-refractivity contribution >= 4 is 69.0 Å². The van der Waals surface area contributed by atoms with Crippen molar-refractivity contribution in [3.63, 3.8) is 0 Å². The van der Waals surface area contributed by atoms with Gasteiger partial charge in [0.25, 0.3) is 5.91 Å². The average Bonchev–Trinajstić information content (AvgIpc) is 3.16. The van der Waals surface area contributed by atoms with Crippen molar-refractivity contribution in [2.24, 2.45) is 5.73 Å². The fourth-order valence-corrected chi connectivity index (χ4v) is 5.15. The Hall–Kier alpha value is -2.82. The fourth-order valence-electron chi connectivity index (χ4n) is 3.70. The molecule has 0 radical (unpaired) electrons. The van der Waals surface area contributed by atoms with E-state index in [1.165, 1.54) is 23.2 Å². The van der Waals surface area contributed by atoms with Crippen LogP contribution in [-0.2, 0) is 15.0 Å². The van der Waals surface area contributed by atoms with Gasteiger partial charge in [-0.1, -0.05) is 50.0 Å². The Kier molecular flexibility index (Phi) is 7.68. The Labute approximate surface area is 217 Å². The van der Waals surface area contributed by atoms with E-state index in [2.05, 4.69) is 16.0 Å². The number of piperazine rings is 1. The minimum atomic E-state index is -1.46. The number of amides is 5. The lowest BCUT2D eigenvalue weighted by molar-refractivity contribution is -0.138. The summed E-state index contributed by atoms with van der Waals surface area (Å²) in [6.07, 6.45) is -0.336. The van der Waals surface area contributed by atoms with E-state index >= 15 is 0 Å². The summed E-state index contributed by atoms with van der Waals surface area (Å²) in [5, 5.41) is 8.80. The van der Waals surface area contributed by atoms with Crippen molar-refractivity contribution in [2.45, 2.75) is 45.1 Å². The third-order valence-electron chi connectivity index (χ3n) is 5.60. The van der Waals surface area contributed by atoms with Crippen molar-refractivity contribution in [1.82, 2.24) is 10.2 Å². The molecule has 1 aliphatic heterocycles. The molecule has 3 rings (SSSR count). The minimum absolute atomic E-state index is 0.179. The molecule has 5 amide bonds. The van der Waals surface area contributed by atoms with Gasteiger partial charge in [-0.25, -0.2) is 4.79 Å². The summed E-state index contributed by atoms with van der Waals surface area (Å²) in [5.41, 5.74) is 4.12. The second-order valence-electron chi connectivity index (χ2n) is 9.41. The third-order valence-corrected chi connectivity index (χ3v) is 7.89. The molecule has 35 heavy (non-hydrogen) atoms. The number of hydrogen-bond acceptors (Lipinski definition) is 5. The van der Waals surface area contributed by atoms with Gasteiger partial charge in [-0.15, -0.1) is 11.3 Å². The van der Waals surface area contributed by atoms with E-state index < -0.39 is 29.3 Å². The topological polar surface area (TPSA) is 134 Å². The van der Waals surface area contributed by atoms with Crippen LogP contribution in [0.4, 0.5) is 15.5 Å². The molecule has 0 bridgehead atoms. The quantitative estimate of drug-likeness (QED) is 0.452. The zero-order valence-electron chi connectivity index (χ0n) is 19.8. The SMILES string of the molecule is CC(C)(C)c1cc(C(=O)N2CCNC(=O)C2(C)CC(N)=O)c(NC(=O)Nc2cccc(Cl)c2Cl)s1. The summed E-state index contributed by atoms with van der Waals surface area (Å²) in [4.78, 5) is 53.1. The number of carbonyl (C=O) groups excluding carboxylic acids is 4. The summed E-state index contributed by atoms with van der Waals surface area (Å²) in [5.74, 6) is -1.67. The van der Waals surface area contributed by atoms with Crippen LogP contribution >= 0.6 is 34.5 Å². The molecule has 0 saturated carbocycles. The van der Waals surface area contributed by atoms with E-state index in [0.29, 0.717) is 10.7 Å². The van der Waals surface area contributed by atoms with Crippen molar-refractivity contribution in [3.05, 3.63) is 44.8 Å². The number of halogens is 2. The highest BCUT2D eigenvalue weighted by atomic mass is 35.5. The summed E-state index contributed by atoms with van der Waals surface area (Å²) in [7, 11) is 0. The maximum atomic E-state index is 13.7. The first-order valence-electron chi connectivity index (χ1n) is 10.8. The molecule has 1 unspecified atom stereocenters. The number of primary amides is 1. The summed E-state index contributed by atoms with van der Waals surface area (Å²) in [6, 6.07) is 5.91. The Morgan fingerprint density at radius 2 is 1.91 bits per heavy atom. The number of urea groups is 1. The van der Waals surface area contributed by atoms with E-state index in [4.69, 9.17) is 28.9 Å². The first kappa shape index (κ1) is 26.8. The number of thiophene rings is 1. The van der Waals surface area contributed by atoms with Crippen molar-refractivity contribution in [3.8, 4) is 0 Å². The zero-order valence-corrected chi connectivity index (χ0v) is 22.1. The molecule has 1 aromatic heterocycles. The molecule has 0 spiro atoms. The van der Waals surface area contributed by atoms with Crippen LogP contribution in [0.2, 0.25) is 10.0 Å². The number of hydrogen-bond donors (Lipinski definition) is 4. The monoisotopic (exact) mass is 539 g/mol. The average molecular weight is 540 g/mol. The fraction of sp³-hybridized carbons (Fsp3) is 0.391. The van der Waals surface area contributed by atoms with Gasteiger partial charge in [0.05, 0.1) is 27.7 Å². The van der Waals surface area contributed by atoms with Gasteiger partial charge >= 0.3 is 6.03 Å². The van der Waals surface area contributed by atoms with Gasteiger partial charge in [-0.3, -0.25) is 19.7 Å². The standard InChI is InChI=1S/C23H27Cl2N5O4S/c1-22(2,3)15-10-12(19(32)30-9-8-27-20(33)23(30,4)11-16(26)31)18(35-15)29-21(34)28-14-7-5-6-13(24)17(14)25/h5-7,10H,8-9,11H2,1-4H3,(H2,26,31)(H,27,33)(H2,28,29,34). The molecule has 1 aromatic carbocycles. The normalized spacial score (nSPS) is 18.1. The second-order valence-corrected chi connectivity index (χ2v) is 11.3. The van der Waals surface area contributed by atoms with Crippen LogP contribution in [0.1, 0.15) is 49.4 Å². The number of nitrogens with two attached hydrogens (primary N) is 1. The van der Waals surface area contributed by atoms with Crippen LogP contribution in [0, 0.1) is 0 Å². The molecular formula is C23H27Cl2N5O4S. The van der Waals surface area contributed by atoms with Gasteiger partial charge in [0.1, 0.15) is 10.5 Å². The van der Waals surface area contributed by atoms with Crippen LogP contribution in [0.25, 0.3) is 0 Å². The van der Waals surface area contributed by atoms with Gasteiger partial charge < -0.3 is 21.3 Å². The molecule has 1 fully saturated rings. The van der Waals surface area contributed by atoms with E-state index in [-0.39, 0.29) is 40.5 Å². The first-order valence-corrected chi connectivity index (χ1v) is 12.4. The molecule has 12 heteroatoms. The molecule has 188 valence electrons. The number of carbonyl (C=O) groups is 4. The van der Waals surface area contributed by atoms with Crippen LogP contribution in [0.5, 0.6) is 0 Å². The molecule has 9 nitrogen and oxygen atoms in total. The number of rotatable bonds is 5. The van der Waals surface area contributed by atoms with E-state index in [9.17, 15) is 19.2 Å². The predicted molar refractivity (Wildman–Crippen MR) is 138 cm³/mol. The largest absolute Gasteiger partial charge is 0.370 e. The Balaban J connectivity index is 1.97. The molecule has 2 aromatic rings. The van der Waals surface area contributed by atoms with Crippen LogP contribution in [-0.4, -0.2) is 47.3 Å². The van der Waals surface area contributed by atoms with Crippen LogP contribution in [0.3, 0.4) is 0 Å². The van der Waals surface area contributed by atoms with Gasteiger partial charge in [0, 0.05) is 18.0 Å². The van der Waals surface area contributed by atoms with Crippen molar-refractivity contribution in [2.75, 3.05) is 23.7 Å². The highest BCUT2D eigenvalue weighted by molar-refractivity contribution is 7.16. The maximum absolute atomic E-state index is 13.7. The molecule has 1 atom stereocenters. The number of nitrogens with zero attached hydrogens (tertiary/aromatic N) is 1. The molecule has 0 aliphatic carbocycles.